The molecular weight excluding hydrogens is 176 g/mol. The number of ether oxygens (including phenoxy) is 1. The number of hydrogen-bond donors (Lipinski definition) is 1. The summed E-state index contributed by atoms with van der Waals surface area (Å²) in [6.45, 7) is 6.51. The lowest BCUT2D eigenvalue weighted by atomic mass is 9.84. The van der Waals surface area contributed by atoms with Crippen LogP contribution in [0.1, 0.15) is 40.0 Å². The Balaban J connectivity index is 2.52. The molecule has 0 aromatic heterocycles. The zero-order chi connectivity index (χ0) is 10.6. The molecule has 0 aliphatic carbocycles. The van der Waals surface area contributed by atoms with Crippen molar-refractivity contribution in [2.75, 3.05) is 6.61 Å². The van der Waals surface area contributed by atoms with Crippen LogP contribution < -0.4 is 0 Å². The summed E-state index contributed by atoms with van der Waals surface area (Å²) in [5.41, 5.74) is 0.194. The van der Waals surface area contributed by atoms with E-state index in [-0.39, 0.29) is 18.1 Å². The molecule has 0 radical (unpaired) electrons. The van der Waals surface area contributed by atoms with Crippen molar-refractivity contribution in [3.8, 4) is 11.8 Å². The van der Waals surface area contributed by atoms with E-state index >= 15 is 0 Å². The van der Waals surface area contributed by atoms with Crippen LogP contribution in [0.15, 0.2) is 0 Å². The van der Waals surface area contributed by atoms with Crippen LogP contribution in [0.3, 0.4) is 0 Å². The van der Waals surface area contributed by atoms with Gasteiger partial charge in [-0.3, -0.25) is 0 Å². The summed E-state index contributed by atoms with van der Waals surface area (Å²) in [4.78, 5) is 0. The molecule has 1 N–H and O–H groups in total. The van der Waals surface area contributed by atoms with Crippen LogP contribution in [0.2, 0.25) is 0 Å². The monoisotopic (exact) mass is 196 g/mol. The molecule has 2 nitrogen and oxygen atoms in total. The predicted molar refractivity (Wildman–Crippen MR) is 56.8 cm³/mol. The van der Waals surface area contributed by atoms with E-state index in [9.17, 15) is 0 Å². The Bertz CT molecular complexity index is 229. The van der Waals surface area contributed by atoms with E-state index in [0.29, 0.717) is 6.10 Å². The van der Waals surface area contributed by atoms with Gasteiger partial charge in [0.1, 0.15) is 12.7 Å². The molecule has 0 saturated carbocycles. The quantitative estimate of drug-likeness (QED) is 0.600. The zero-order valence-electron chi connectivity index (χ0n) is 9.34. The third kappa shape index (κ3) is 3.32. The number of hydrogen-bond acceptors (Lipinski definition) is 2. The minimum Gasteiger partial charge on any atom is -0.384 e. The Morgan fingerprint density at radius 3 is 2.64 bits per heavy atom. The summed E-state index contributed by atoms with van der Waals surface area (Å²) < 4.78 is 5.87. The van der Waals surface area contributed by atoms with Crippen LogP contribution in [0.5, 0.6) is 0 Å². The molecule has 80 valence electrons. The maximum absolute atomic E-state index is 8.59. The maximum Gasteiger partial charge on any atom is 0.118 e. The van der Waals surface area contributed by atoms with E-state index in [4.69, 9.17) is 9.84 Å². The van der Waals surface area contributed by atoms with Crippen molar-refractivity contribution in [2.45, 2.75) is 52.2 Å². The summed E-state index contributed by atoms with van der Waals surface area (Å²) in [5, 5.41) is 8.59. The van der Waals surface area contributed by atoms with Gasteiger partial charge >= 0.3 is 0 Å². The fourth-order valence-electron chi connectivity index (χ4n) is 1.73. The first-order chi connectivity index (χ1) is 6.54. The maximum atomic E-state index is 8.59. The Morgan fingerprint density at radius 1 is 1.36 bits per heavy atom. The van der Waals surface area contributed by atoms with E-state index in [1.165, 1.54) is 6.42 Å². The van der Waals surface area contributed by atoms with Crippen molar-refractivity contribution >= 4 is 0 Å². The standard InChI is InChI=1S/C12H20O2/c1-12(2,3)11-8-4-6-10(14-11)7-5-9-13/h10-11,13H,4,6,8-9H2,1-3H3/t10-,11+/m1/s1. The van der Waals surface area contributed by atoms with Crippen molar-refractivity contribution < 1.29 is 9.84 Å². The lowest BCUT2D eigenvalue weighted by Gasteiger charge is -2.36. The van der Waals surface area contributed by atoms with Gasteiger partial charge in [-0.1, -0.05) is 32.6 Å². The lowest BCUT2D eigenvalue weighted by molar-refractivity contribution is -0.0754. The van der Waals surface area contributed by atoms with Gasteiger partial charge in [-0.2, -0.15) is 0 Å². The minimum atomic E-state index is -0.0694. The molecule has 1 rings (SSSR count). The Kier molecular flexibility index (Phi) is 3.97. The first-order valence-electron chi connectivity index (χ1n) is 5.29. The van der Waals surface area contributed by atoms with Crippen LogP contribution >= 0.6 is 0 Å². The van der Waals surface area contributed by atoms with E-state index in [1.54, 1.807) is 0 Å². The zero-order valence-corrected chi connectivity index (χ0v) is 9.34. The third-order valence-corrected chi connectivity index (χ3v) is 2.57. The molecule has 1 saturated heterocycles. The smallest absolute Gasteiger partial charge is 0.118 e. The molecular formula is C12H20O2. The fourth-order valence-corrected chi connectivity index (χ4v) is 1.73. The molecule has 0 aromatic carbocycles. The molecule has 14 heavy (non-hydrogen) atoms. The third-order valence-electron chi connectivity index (χ3n) is 2.57. The van der Waals surface area contributed by atoms with Gasteiger partial charge in [-0.05, 0) is 24.7 Å². The fraction of sp³-hybridized carbons (Fsp3) is 0.833. The molecule has 2 atom stereocenters. The van der Waals surface area contributed by atoms with Gasteiger partial charge in [0.15, 0.2) is 0 Å². The van der Waals surface area contributed by atoms with E-state index in [1.807, 2.05) is 0 Å². The second kappa shape index (κ2) is 4.82. The number of rotatable bonds is 0. The number of aliphatic hydroxyl groups excluding tert-OH is 1. The summed E-state index contributed by atoms with van der Waals surface area (Å²) in [5.74, 6) is 5.62. The average molecular weight is 196 g/mol. The Labute approximate surface area is 86.7 Å². The first-order valence-corrected chi connectivity index (χ1v) is 5.29. The first kappa shape index (κ1) is 11.6. The molecule has 1 heterocycles. The normalized spacial score (nSPS) is 28.0. The van der Waals surface area contributed by atoms with Gasteiger partial charge in [-0.15, -0.1) is 0 Å². The molecule has 0 bridgehead atoms. The lowest BCUT2D eigenvalue weighted by Crippen LogP contribution is -2.36. The topological polar surface area (TPSA) is 29.5 Å². The van der Waals surface area contributed by atoms with Crippen molar-refractivity contribution in [1.29, 1.82) is 0 Å². The van der Waals surface area contributed by atoms with Gasteiger partial charge in [-0.25, -0.2) is 0 Å². The van der Waals surface area contributed by atoms with Crippen molar-refractivity contribution in [1.82, 2.24) is 0 Å². The van der Waals surface area contributed by atoms with E-state index in [2.05, 4.69) is 32.6 Å². The number of aliphatic hydroxyl groups is 1. The van der Waals surface area contributed by atoms with Gasteiger partial charge in [0.25, 0.3) is 0 Å². The van der Waals surface area contributed by atoms with Gasteiger partial charge < -0.3 is 9.84 Å². The summed E-state index contributed by atoms with van der Waals surface area (Å²) in [6, 6.07) is 0. The molecule has 0 amide bonds. The second-order valence-electron chi connectivity index (χ2n) is 4.89. The van der Waals surface area contributed by atoms with Gasteiger partial charge in [0.2, 0.25) is 0 Å². The minimum absolute atomic E-state index is 0.0279. The second-order valence-corrected chi connectivity index (χ2v) is 4.89. The van der Waals surface area contributed by atoms with Crippen molar-refractivity contribution in [2.24, 2.45) is 5.41 Å². The molecule has 0 aromatic rings. The van der Waals surface area contributed by atoms with Crippen LogP contribution in [0.25, 0.3) is 0 Å². The Morgan fingerprint density at radius 2 is 2.07 bits per heavy atom. The van der Waals surface area contributed by atoms with Crippen LogP contribution in [0.4, 0.5) is 0 Å². The van der Waals surface area contributed by atoms with Crippen molar-refractivity contribution in [3.63, 3.8) is 0 Å². The SMILES string of the molecule is CC(C)(C)[C@@H]1CCC[C@H](C#CCO)O1. The predicted octanol–water partition coefficient (Wildman–Crippen LogP) is 1.97. The van der Waals surface area contributed by atoms with E-state index in [0.717, 1.165) is 12.8 Å². The highest BCUT2D eigenvalue weighted by molar-refractivity contribution is 5.06. The highest BCUT2D eigenvalue weighted by atomic mass is 16.5. The van der Waals surface area contributed by atoms with Crippen LogP contribution in [-0.2, 0) is 4.74 Å². The largest absolute Gasteiger partial charge is 0.384 e. The summed E-state index contributed by atoms with van der Waals surface area (Å²) in [6.07, 6.45) is 3.63. The molecule has 1 aliphatic rings. The average Bonchev–Trinajstić information content (AvgIpc) is 2.14. The summed E-state index contributed by atoms with van der Waals surface area (Å²) in [7, 11) is 0. The molecule has 0 spiro atoms. The highest BCUT2D eigenvalue weighted by Gasteiger charge is 2.30. The highest BCUT2D eigenvalue weighted by Crippen LogP contribution is 2.31. The van der Waals surface area contributed by atoms with Crippen LogP contribution in [0, 0.1) is 17.3 Å². The molecule has 1 aliphatic heterocycles. The van der Waals surface area contributed by atoms with Gasteiger partial charge in [0, 0.05) is 0 Å². The molecule has 2 heteroatoms. The van der Waals surface area contributed by atoms with Gasteiger partial charge in [0.05, 0.1) is 6.10 Å². The van der Waals surface area contributed by atoms with E-state index < -0.39 is 0 Å². The molecule has 0 unspecified atom stereocenters. The van der Waals surface area contributed by atoms with Crippen molar-refractivity contribution in [3.05, 3.63) is 0 Å². The van der Waals surface area contributed by atoms with Crippen LogP contribution in [-0.4, -0.2) is 23.9 Å². The summed E-state index contributed by atoms with van der Waals surface area (Å²) >= 11 is 0. The Hall–Kier alpha value is -0.520. The molecule has 1 fully saturated rings.